The van der Waals surface area contributed by atoms with Crippen molar-refractivity contribution in [2.24, 2.45) is 0 Å². The normalized spacial score (nSPS) is 9.20. The maximum Gasteiger partial charge on any atom is 0.340 e. The molecule has 0 fully saturated rings. The van der Waals surface area contributed by atoms with Gasteiger partial charge in [-0.1, -0.05) is 0 Å². The van der Waals surface area contributed by atoms with Gasteiger partial charge in [-0.3, -0.25) is 4.79 Å². The van der Waals surface area contributed by atoms with E-state index < -0.39 is 17.4 Å². The van der Waals surface area contributed by atoms with Gasteiger partial charge in [0.2, 0.25) is 11.5 Å². The fourth-order valence-electron chi connectivity index (χ4n) is 0.453. The zero-order valence-corrected chi connectivity index (χ0v) is 4.77. The van der Waals surface area contributed by atoms with Crippen molar-refractivity contribution >= 4 is 6.47 Å². The minimum absolute atomic E-state index is 0.0813. The molecule has 2 N–H and O–H groups in total. The standard InChI is InChI=1S/C5H4O5/c6-2-10-5-4(8)3(7)1-9-5/h1-2,7-8H. The van der Waals surface area contributed by atoms with Gasteiger partial charge < -0.3 is 19.4 Å². The van der Waals surface area contributed by atoms with Crippen LogP contribution < -0.4 is 4.74 Å². The van der Waals surface area contributed by atoms with E-state index in [0.29, 0.717) is 0 Å². The van der Waals surface area contributed by atoms with Crippen LogP contribution in [-0.4, -0.2) is 16.7 Å². The summed E-state index contributed by atoms with van der Waals surface area (Å²) in [5.74, 6) is -1.45. The molecule has 0 aliphatic heterocycles. The van der Waals surface area contributed by atoms with Gasteiger partial charge in [0.25, 0.3) is 0 Å². The summed E-state index contributed by atoms with van der Waals surface area (Å²) in [5.41, 5.74) is 0. The first-order valence-electron chi connectivity index (χ1n) is 2.35. The van der Waals surface area contributed by atoms with Crippen molar-refractivity contribution in [1.29, 1.82) is 0 Å². The summed E-state index contributed by atoms with van der Waals surface area (Å²) in [7, 11) is 0. The van der Waals surface area contributed by atoms with E-state index in [0.717, 1.165) is 6.26 Å². The van der Waals surface area contributed by atoms with Gasteiger partial charge in [0, 0.05) is 0 Å². The zero-order valence-electron chi connectivity index (χ0n) is 4.77. The highest BCUT2D eigenvalue weighted by atomic mass is 16.6. The Kier molecular flexibility index (Phi) is 1.49. The molecule has 0 atom stereocenters. The minimum atomic E-state index is -0.577. The molecule has 10 heavy (non-hydrogen) atoms. The number of carbonyl (C=O) groups is 1. The molecule has 0 saturated heterocycles. The molecule has 0 radical (unpaired) electrons. The van der Waals surface area contributed by atoms with Crippen LogP contribution in [0.5, 0.6) is 17.4 Å². The van der Waals surface area contributed by atoms with Crippen LogP contribution in [-0.2, 0) is 4.79 Å². The van der Waals surface area contributed by atoms with Crippen LogP contribution in [0.3, 0.4) is 0 Å². The van der Waals surface area contributed by atoms with Crippen LogP contribution in [0.2, 0.25) is 0 Å². The molecule has 0 aliphatic carbocycles. The number of aromatic hydroxyl groups is 2. The lowest BCUT2D eigenvalue weighted by Crippen LogP contribution is -1.85. The molecular weight excluding hydrogens is 140 g/mol. The summed E-state index contributed by atoms with van der Waals surface area (Å²) >= 11 is 0. The second-order valence-corrected chi connectivity index (χ2v) is 1.47. The monoisotopic (exact) mass is 144 g/mol. The second kappa shape index (κ2) is 2.30. The maximum absolute atomic E-state index is 9.66. The zero-order chi connectivity index (χ0) is 7.56. The third-order valence-corrected chi connectivity index (χ3v) is 0.869. The van der Waals surface area contributed by atoms with Crippen molar-refractivity contribution in [1.82, 2.24) is 0 Å². The highest BCUT2D eigenvalue weighted by Gasteiger charge is 2.11. The molecule has 1 aromatic heterocycles. The molecule has 1 aromatic rings. The molecule has 0 bridgehead atoms. The minimum Gasteiger partial charge on any atom is -0.502 e. The lowest BCUT2D eigenvalue weighted by Gasteiger charge is -1.88. The van der Waals surface area contributed by atoms with Crippen molar-refractivity contribution < 1.29 is 24.2 Å². The van der Waals surface area contributed by atoms with Crippen molar-refractivity contribution in [3.05, 3.63) is 6.26 Å². The Morgan fingerprint density at radius 3 is 2.70 bits per heavy atom. The molecule has 1 heterocycles. The van der Waals surface area contributed by atoms with Crippen molar-refractivity contribution in [2.75, 3.05) is 0 Å². The van der Waals surface area contributed by atoms with Crippen LogP contribution >= 0.6 is 0 Å². The Morgan fingerprint density at radius 2 is 2.30 bits per heavy atom. The summed E-state index contributed by atoms with van der Waals surface area (Å²) in [6.07, 6.45) is 0.855. The molecule has 0 aromatic carbocycles. The molecule has 0 spiro atoms. The summed E-state index contributed by atoms with van der Waals surface area (Å²) in [4.78, 5) is 9.66. The van der Waals surface area contributed by atoms with Crippen molar-refractivity contribution in [3.8, 4) is 17.4 Å². The van der Waals surface area contributed by atoms with E-state index in [2.05, 4.69) is 9.15 Å². The van der Waals surface area contributed by atoms with Crippen LogP contribution in [0.4, 0.5) is 0 Å². The van der Waals surface area contributed by atoms with Gasteiger partial charge in [0.15, 0.2) is 0 Å². The van der Waals surface area contributed by atoms with Crippen LogP contribution in [0.15, 0.2) is 10.7 Å². The quantitative estimate of drug-likeness (QED) is 0.580. The molecule has 5 nitrogen and oxygen atoms in total. The van der Waals surface area contributed by atoms with Gasteiger partial charge in [0.1, 0.15) is 6.26 Å². The van der Waals surface area contributed by atoms with Crippen molar-refractivity contribution in [3.63, 3.8) is 0 Å². The molecule has 54 valence electrons. The molecule has 0 amide bonds. The maximum atomic E-state index is 9.66. The summed E-state index contributed by atoms with van der Waals surface area (Å²) in [6.45, 7) is 0.0813. The van der Waals surface area contributed by atoms with E-state index in [-0.39, 0.29) is 6.47 Å². The summed E-state index contributed by atoms with van der Waals surface area (Å²) in [6, 6.07) is 0. The topological polar surface area (TPSA) is 79.9 Å². The van der Waals surface area contributed by atoms with Gasteiger partial charge >= 0.3 is 12.4 Å². The Bertz CT molecular complexity index is 238. The Morgan fingerprint density at radius 1 is 1.60 bits per heavy atom. The van der Waals surface area contributed by atoms with Gasteiger partial charge in [-0.15, -0.1) is 0 Å². The fourth-order valence-corrected chi connectivity index (χ4v) is 0.453. The summed E-state index contributed by atoms with van der Waals surface area (Å²) < 4.78 is 8.48. The molecule has 0 saturated carbocycles. The first kappa shape index (κ1) is 6.47. The number of rotatable bonds is 2. The smallest absolute Gasteiger partial charge is 0.340 e. The number of hydrogen-bond donors (Lipinski definition) is 2. The Labute approximate surface area is 55.5 Å². The van der Waals surface area contributed by atoms with E-state index >= 15 is 0 Å². The van der Waals surface area contributed by atoms with E-state index in [4.69, 9.17) is 10.2 Å². The highest BCUT2D eigenvalue weighted by Crippen LogP contribution is 2.36. The number of hydrogen-bond acceptors (Lipinski definition) is 5. The first-order valence-corrected chi connectivity index (χ1v) is 2.35. The van der Waals surface area contributed by atoms with Crippen LogP contribution in [0.25, 0.3) is 0 Å². The summed E-state index contributed by atoms with van der Waals surface area (Å²) in [5, 5.41) is 17.4. The largest absolute Gasteiger partial charge is 0.502 e. The molecular formula is C5H4O5. The van der Waals surface area contributed by atoms with Crippen LogP contribution in [0, 0.1) is 0 Å². The number of furan rings is 1. The number of carbonyl (C=O) groups excluding carboxylic acids is 1. The second-order valence-electron chi connectivity index (χ2n) is 1.47. The average Bonchev–Trinajstić information content (AvgIpc) is 2.20. The highest BCUT2D eigenvalue weighted by molar-refractivity contribution is 5.50. The van der Waals surface area contributed by atoms with Crippen LogP contribution in [0.1, 0.15) is 0 Å². The lowest BCUT2D eigenvalue weighted by atomic mass is 10.5. The lowest BCUT2D eigenvalue weighted by molar-refractivity contribution is -0.121. The van der Waals surface area contributed by atoms with E-state index in [1.165, 1.54) is 0 Å². The Balaban J connectivity index is 2.93. The van der Waals surface area contributed by atoms with Gasteiger partial charge in [-0.2, -0.15) is 0 Å². The molecule has 5 heteroatoms. The Hall–Kier alpha value is -1.65. The SMILES string of the molecule is O=COc1occ(O)c1O. The first-order chi connectivity index (χ1) is 4.75. The van der Waals surface area contributed by atoms with Gasteiger partial charge in [-0.05, 0) is 0 Å². The molecule has 0 aliphatic rings. The predicted molar refractivity (Wildman–Crippen MR) is 28.7 cm³/mol. The third-order valence-electron chi connectivity index (χ3n) is 0.869. The molecule has 1 rings (SSSR count). The number of ether oxygens (including phenoxy) is 1. The van der Waals surface area contributed by atoms with E-state index in [1.54, 1.807) is 0 Å². The molecule has 0 unspecified atom stereocenters. The predicted octanol–water partition coefficient (Wildman–Crippen LogP) is 0.226. The van der Waals surface area contributed by atoms with Crippen molar-refractivity contribution in [2.45, 2.75) is 0 Å². The van der Waals surface area contributed by atoms with E-state index in [9.17, 15) is 4.79 Å². The average molecular weight is 144 g/mol. The van der Waals surface area contributed by atoms with Gasteiger partial charge in [-0.25, -0.2) is 0 Å². The van der Waals surface area contributed by atoms with Gasteiger partial charge in [0.05, 0.1) is 0 Å². The van der Waals surface area contributed by atoms with E-state index in [1.807, 2.05) is 0 Å². The third kappa shape index (κ3) is 0.883. The fraction of sp³-hybridized carbons (Fsp3) is 0.